The minimum Gasteiger partial charge on any atom is -0.309 e. The number of hydrogen-bond donors (Lipinski definition) is 0. The van der Waals surface area contributed by atoms with E-state index in [1.54, 1.807) is 0 Å². The third kappa shape index (κ3) is 3.33. The predicted octanol–water partition coefficient (Wildman–Crippen LogP) is 8.35. The highest BCUT2D eigenvalue weighted by Crippen LogP contribution is 2.50. The van der Waals surface area contributed by atoms with Crippen LogP contribution in [0.2, 0.25) is 0 Å². The molecular formula is C32H18FN3. The monoisotopic (exact) mass is 463 g/mol. The fourth-order valence-electron chi connectivity index (χ4n) is 5.02. The molecule has 4 heteroatoms. The standard InChI is InChI=1S/C32H18FN3/c33-24-17-22(19-34)32(23(18-24)20-35)21-13-15-25(16-14-21)36-30-11-5-3-9-28(30)26-7-1-2-8-27(26)29-10-4-6-12-31(29)36/h1-18H. The number of fused-ring (bicyclic) bond motifs is 5. The van der Waals surface area contributed by atoms with Gasteiger partial charge in [-0.25, -0.2) is 4.39 Å². The minimum atomic E-state index is -0.596. The minimum absolute atomic E-state index is 0.139. The van der Waals surface area contributed by atoms with Crippen molar-refractivity contribution in [1.29, 1.82) is 10.5 Å². The van der Waals surface area contributed by atoms with Crippen molar-refractivity contribution in [3.8, 4) is 45.5 Å². The Balaban J connectivity index is 1.56. The fourth-order valence-corrected chi connectivity index (χ4v) is 5.02. The van der Waals surface area contributed by atoms with Crippen LogP contribution in [0.5, 0.6) is 0 Å². The lowest BCUT2D eigenvalue weighted by Crippen LogP contribution is -2.10. The summed E-state index contributed by atoms with van der Waals surface area (Å²) < 4.78 is 13.9. The Labute approximate surface area is 208 Å². The van der Waals surface area contributed by atoms with Crippen molar-refractivity contribution in [3.05, 3.63) is 126 Å². The molecule has 5 aromatic carbocycles. The Kier molecular flexibility index (Phi) is 5.07. The van der Waals surface area contributed by atoms with E-state index in [4.69, 9.17) is 0 Å². The van der Waals surface area contributed by atoms with Gasteiger partial charge in [-0.3, -0.25) is 0 Å². The Hall–Kier alpha value is -5.19. The predicted molar refractivity (Wildman–Crippen MR) is 140 cm³/mol. The van der Waals surface area contributed by atoms with Crippen molar-refractivity contribution in [2.24, 2.45) is 0 Å². The molecular weight excluding hydrogens is 445 g/mol. The van der Waals surface area contributed by atoms with E-state index in [1.807, 2.05) is 60.7 Å². The number of anilines is 3. The largest absolute Gasteiger partial charge is 0.309 e. The molecule has 0 aliphatic carbocycles. The molecule has 0 spiro atoms. The molecule has 1 aliphatic rings. The second-order valence-electron chi connectivity index (χ2n) is 8.56. The van der Waals surface area contributed by atoms with Crippen molar-refractivity contribution in [2.45, 2.75) is 0 Å². The lowest BCUT2D eigenvalue weighted by Gasteiger charge is -2.27. The van der Waals surface area contributed by atoms with E-state index in [0.29, 0.717) is 11.1 Å². The second-order valence-corrected chi connectivity index (χ2v) is 8.56. The SMILES string of the molecule is N#Cc1cc(F)cc(C#N)c1-c1ccc(N2c3ccccc3-c3ccccc3-c3ccccc32)cc1. The van der Waals surface area contributed by atoms with E-state index in [1.165, 1.54) is 23.3 Å². The molecule has 0 N–H and O–H groups in total. The quantitative estimate of drug-likeness (QED) is 0.259. The van der Waals surface area contributed by atoms with Gasteiger partial charge in [0.05, 0.1) is 34.6 Å². The third-order valence-electron chi connectivity index (χ3n) is 6.56. The first-order valence-corrected chi connectivity index (χ1v) is 11.5. The first-order valence-electron chi connectivity index (χ1n) is 11.5. The molecule has 0 bridgehead atoms. The average Bonchev–Trinajstić information content (AvgIpc) is 3.05. The maximum absolute atomic E-state index is 13.9. The molecule has 6 rings (SSSR count). The summed E-state index contributed by atoms with van der Waals surface area (Å²) in [5, 5.41) is 19.2. The zero-order valence-corrected chi connectivity index (χ0v) is 19.1. The molecule has 0 amide bonds. The number of halogens is 1. The van der Waals surface area contributed by atoms with Crippen LogP contribution in [-0.2, 0) is 0 Å². The van der Waals surface area contributed by atoms with Gasteiger partial charge in [0, 0.05) is 22.4 Å². The molecule has 1 heterocycles. The lowest BCUT2D eigenvalue weighted by atomic mass is 9.95. The van der Waals surface area contributed by atoms with Crippen LogP contribution in [0, 0.1) is 28.5 Å². The number of nitriles is 2. The smallest absolute Gasteiger partial charge is 0.125 e. The van der Waals surface area contributed by atoms with Crippen LogP contribution >= 0.6 is 0 Å². The zero-order chi connectivity index (χ0) is 24.6. The van der Waals surface area contributed by atoms with Crippen molar-refractivity contribution in [3.63, 3.8) is 0 Å². The Morgan fingerprint density at radius 2 is 1.00 bits per heavy atom. The maximum atomic E-state index is 13.9. The van der Waals surface area contributed by atoms with Crippen molar-refractivity contribution in [1.82, 2.24) is 0 Å². The first-order chi connectivity index (χ1) is 17.7. The molecule has 36 heavy (non-hydrogen) atoms. The summed E-state index contributed by atoms with van der Waals surface area (Å²) in [5.74, 6) is -0.596. The summed E-state index contributed by atoms with van der Waals surface area (Å²) in [7, 11) is 0. The van der Waals surface area contributed by atoms with Gasteiger partial charge in [0.1, 0.15) is 5.82 Å². The van der Waals surface area contributed by atoms with E-state index in [2.05, 4.69) is 53.4 Å². The summed E-state index contributed by atoms with van der Waals surface area (Å²) in [4.78, 5) is 2.23. The van der Waals surface area contributed by atoms with Gasteiger partial charge in [0.15, 0.2) is 0 Å². The van der Waals surface area contributed by atoms with Crippen LogP contribution in [0.25, 0.3) is 33.4 Å². The molecule has 0 saturated heterocycles. The molecule has 0 fully saturated rings. The second kappa shape index (κ2) is 8.55. The number of benzene rings is 5. The molecule has 0 aromatic heterocycles. The van der Waals surface area contributed by atoms with Crippen molar-refractivity contribution in [2.75, 3.05) is 4.90 Å². The highest BCUT2D eigenvalue weighted by molar-refractivity contribution is 6.02. The van der Waals surface area contributed by atoms with E-state index in [-0.39, 0.29) is 11.1 Å². The van der Waals surface area contributed by atoms with Crippen LogP contribution in [-0.4, -0.2) is 0 Å². The molecule has 168 valence electrons. The number of para-hydroxylation sites is 2. The number of nitrogens with zero attached hydrogens (tertiary/aromatic N) is 3. The van der Waals surface area contributed by atoms with Crippen LogP contribution in [0.3, 0.4) is 0 Å². The van der Waals surface area contributed by atoms with Crippen LogP contribution in [0.15, 0.2) is 109 Å². The average molecular weight is 464 g/mol. The summed E-state index contributed by atoms with van der Waals surface area (Å²) in [5.41, 5.74) is 9.05. The molecule has 0 saturated carbocycles. The number of rotatable bonds is 2. The van der Waals surface area contributed by atoms with Gasteiger partial charge in [-0.15, -0.1) is 0 Å². The summed E-state index contributed by atoms with van der Waals surface area (Å²) in [6.07, 6.45) is 0. The van der Waals surface area contributed by atoms with Crippen molar-refractivity contribution < 1.29 is 4.39 Å². The van der Waals surface area contributed by atoms with Gasteiger partial charge < -0.3 is 4.90 Å². The Morgan fingerprint density at radius 3 is 1.47 bits per heavy atom. The zero-order valence-electron chi connectivity index (χ0n) is 19.1. The Morgan fingerprint density at radius 1 is 0.556 bits per heavy atom. The highest BCUT2D eigenvalue weighted by atomic mass is 19.1. The maximum Gasteiger partial charge on any atom is 0.125 e. The topological polar surface area (TPSA) is 50.8 Å². The molecule has 1 aliphatic heterocycles. The summed E-state index contributed by atoms with van der Waals surface area (Å²) in [6, 6.07) is 39.2. The van der Waals surface area contributed by atoms with Crippen molar-refractivity contribution >= 4 is 17.1 Å². The molecule has 3 nitrogen and oxygen atoms in total. The van der Waals surface area contributed by atoms with Gasteiger partial charge >= 0.3 is 0 Å². The molecule has 0 atom stereocenters. The van der Waals surface area contributed by atoms with Gasteiger partial charge in [0.25, 0.3) is 0 Å². The summed E-state index contributed by atoms with van der Waals surface area (Å²) >= 11 is 0. The van der Waals surface area contributed by atoms with E-state index >= 15 is 0 Å². The Bertz CT molecular complexity index is 1620. The van der Waals surface area contributed by atoms with Crippen LogP contribution < -0.4 is 4.90 Å². The first kappa shape index (κ1) is 21.4. The van der Waals surface area contributed by atoms with Crippen LogP contribution in [0.4, 0.5) is 21.5 Å². The molecule has 5 aromatic rings. The van der Waals surface area contributed by atoms with E-state index in [0.717, 1.165) is 28.2 Å². The fraction of sp³-hybridized carbons (Fsp3) is 0. The van der Waals surface area contributed by atoms with E-state index in [9.17, 15) is 14.9 Å². The lowest BCUT2D eigenvalue weighted by molar-refractivity contribution is 0.627. The normalized spacial score (nSPS) is 11.4. The van der Waals surface area contributed by atoms with Gasteiger partial charge in [0.2, 0.25) is 0 Å². The molecule has 0 unspecified atom stereocenters. The highest BCUT2D eigenvalue weighted by Gasteiger charge is 2.25. The van der Waals surface area contributed by atoms with Gasteiger partial charge in [-0.05, 0) is 53.1 Å². The molecule has 0 radical (unpaired) electrons. The summed E-state index contributed by atoms with van der Waals surface area (Å²) in [6.45, 7) is 0. The van der Waals surface area contributed by atoms with Gasteiger partial charge in [-0.2, -0.15) is 10.5 Å². The van der Waals surface area contributed by atoms with Gasteiger partial charge in [-0.1, -0.05) is 72.8 Å². The number of hydrogen-bond acceptors (Lipinski definition) is 3. The van der Waals surface area contributed by atoms with Crippen LogP contribution in [0.1, 0.15) is 11.1 Å². The third-order valence-corrected chi connectivity index (χ3v) is 6.56. The van der Waals surface area contributed by atoms with E-state index < -0.39 is 5.82 Å².